The Bertz CT molecular complexity index is 923. The summed E-state index contributed by atoms with van der Waals surface area (Å²) in [6, 6.07) is 8.06. The SMILES string of the molecule is CC(C)(C)c1csc(C(C#N)c2ccnc(NCCc3cccnc3)n2)n1. The van der Waals surface area contributed by atoms with E-state index in [0.29, 0.717) is 18.2 Å². The predicted octanol–water partition coefficient (Wildman–Crippen LogP) is 3.94. The van der Waals surface area contributed by atoms with Gasteiger partial charge in [0.15, 0.2) is 0 Å². The molecule has 0 radical (unpaired) electrons. The van der Waals surface area contributed by atoms with Crippen LogP contribution in [0.25, 0.3) is 0 Å². The number of nitrogens with one attached hydrogen (secondary N) is 1. The number of hydrogen-bond donors (Lipinski definition) is 1. The number of anilines is 1. The first-order valence-electron chi connectivity index (χ1n) is 8.78. The van der Waals surface area contributed by atoms with Gasteiger partial charge in [-0.2, -0.15) is 5.26 Å². The van der Waals surface area contributed by atoms with E-state index in [1.807, 2.05) is 23.7 Å². The molecule has 0 aliphatic heterocycles. The average molecular weight is 379 g/mol. The summed E-state index contributed by atoms with van der Waals surface area (Å²) in [5, 5.41) is 15.7. The van der Waals surface area contributed by atoms with E-state index >= 15 is 0 Å². The van der Waals surface area contributed by atoms with Crippen LogP contribution < -0.4 is 5.32 Å². The van der Waals surface area contributed by atoms with Crippen molar-refractivity contribution in [1.29, 1.82) is 5.26 Å². The molecule has 0 saturated heterocycles. The molecule has 0 aliphatic carbocycles. The molecule has 0 bridgehead atoms. The Morgan fingerprint density at radius 2 is 2.07 bits per heavy atom. The molecule has 1 N–H and O–H groups in total. The van der Waals surface area contributed by atoms with Crippen LogP contribution in [-0.2, 0) is 11.8 Å². The topological polar surface area (TPSA) is 87.4 Å². The molecule has 3 aromatic heterocycles. The first-order chi connectivity index (χ1) is 13.0. The van der Waals surface area contributed by atoms with Crippen molar-refractivity contribution in [3.63, 3.8) is 0 Å². The second-order valence-electron chi connectivity index (χ2n) is 7.23. The van der Waals surface area contributed by atoms with Crippen LogP contribution in [0.15, 0.2) is 42.2 Å². The van der Waals surface area contributed by atoms with Crippen molar-refractivity contribution in [2.24, 2.45) is 0 Å². The summed E-state index contributed by atoms with van der Waals surface area (Å²) in [7, 11) is 0. The van der Waals surface area contributed by atoms with E-state index < -0.39 is 5.92 Å². The third-order valence-electron chi connectivity index (χ3n) is 4.06. The lowest BCUT2D eigenvalue weighted by atomic mass is 9.93. The van der Waals surface area contributed by atoms with Gasteiger partial charge in [0.2, 0.25) is 5.95 Å². The maximum absolute atomic E-state index is 9.69. The molecule has 0 amide bonds. The zero-order chi connectivity index (χ0) is 19.3. The second-order valence-corrected chi connectivity index (χ2v) is 8.12. The minimum Gasteiger partial charge on any atom is -0.354 e. The van der Waals surface area contributed by atoms with Gasteiger partial charge in [0.05, 0.1) is 17.5 Å². The van der Waals surface area contributed by atoms with Gasteiger partial charge < -0.3 is 5.32 Å². The van der Waals surface area contributed by atoms with Gasteiger partial charge in [0, 0.05) is 35.9 Å². The van der Waals surface area contributed by atoms with Gasteiger partial charge >= 0.3 is 0 Å². The summed E-state index contributed by atoms with van der Waals surface area (Å²) >= 11 is 1.50. The molecule has 0 spiro atoms. The van der Waals surface area contributed by atoms with Gasteiger partial charge in [-0.15, -0.1) is 11.3 Å². The summed E-state index contributed by atoms with van der Waals surface area (Å²) in [5.74, 6) is 0.0252. The average Bonchev–Trinajstić information content (AvgIpc) is 3.14. The smallest absolute Gasteiger partial charge is 0.222 e. The molecule has 27 heavy (non-hydrogen) atoms. The third kappa shape index (κ3) is 4.86. The van der Waals surface area contributed by atoms with E-state index in [9.17, 15) is 5.26 Å². The van der Waals surface area contributed by atoms with E-state index in [1.165, 1.54) is 11.3 Å². The Morgan fingerprint density at radius 3 is 2.74 bits per heavy atom. The van der Waals surface area contributed by atoms with Crippen molar-refractivity contribution >= 4 is 17.3 Å². The van der Waals surface area contributed by atoms with Crippen molar-refractivity contribution in [1.82, 2.24) is 19.9 Å². The molecule has 3 rings (SSSR count). The van der Waals surface area contributed by atoms with Crippen LogP contribution >= 0.6 is 11.3 Å². The third-order valence-corrected chi connectivity index (χ3v) is 4.97. The minimum atomic E-state index is -0.493. The Morgan fingerprint density at radius 1 is 1.22 bits per heavy atom. The number of thiazole rings is 1. The molecule has 138 valence electrons. The van der Waals surface area contributed by atoms with Crippen molar-refractivity contribution in [3.8, 4) is 6.07 Å². The van der Waals surface area contributed by atoms with E-state index in [0.717, 1.165) is 22.7 Å². The Hall–Kier alpha value is -2.85. The number of nitriles is 1. The number of rotatable bonds is 6. The van der Waals surface area contributed by atoms with Crippen LogP contribution in [0.2, 0.25) is 0 Å². The highest BCUT2D eigenvalue weighted by Gasteiger charge is 2.23. The first kappa shape index (κ1) is 18.9. The maximum atomic E-state index is 9.69. The predicted molar refractivity (Wildman–Crippen MR) is 107 cm³/mol. The summed E-state index contributed by atoms with van der Waals surface area (Å²) in [5.41, 5.74) is 2.76. The summed E-state index contributed by atoms with van der Waals surface area (Å²) < 4.78 is 0. The standard InChI is InChI=1S/C20H22N6S/c1-20(2,3)17-13-27-18(26-17)15(11-21)16-7-10-24-19(25-16)23-9-6-14-5-4-8-22-12-14/h4-5,7-8,10,12-13,15H,6,9H2,1-3H3,(H,23,24,25). The fraction of sp³-hybridized carbons (Fsp3) is 0.350. The van der Waals surface area contributed by atoms with Crippen LogP contribution in [-0.4, -0.2) is 26.5 Å². The Labute approximate surface area is 163 Å². The zero-order valence-electron chi connectivity index (χ0n) is 15.7. The van der Waals surface area contributed by atoms with Crippen LogP contribution in [0.1, 0.15) is 48.6 Å². The summed E-state index contributed by atoms with van der Waals surface area (Å²) in [4.78, 5) is 17.6. The Kier molecular flexibility index (Phi) is 5.77. The lowest BCUT2D eigenvalue weighted by molar-refractivity contribution is 0.570. The van der Waals surface area contributed by atoms with Gasteiger partial charge in [-0.1, -0.05) is 26.8 Å². The van der Waals surface area contributed by atoms with Gasteiger partial charge in [0.25, 0.3) is 0 Å². The summed E-state index contributed by atoms with van der Waals surface area (Å²) in [6.45, 7) is 7.03. The number of pyridine rings is 1. The van der Waals surface area contributed by atoms with Crippen molar-refractivity contribution in [2.75, 3.05) is 11.9 Å². The molecule has 3 aromatic rings. The van der Waals surface area contributed by atoms with Gasteiger partial charge in [-0.05, 0) is 24.1 Å². The highest BCUT2D eigenvalue weighted by atomic mass is 32.1. The van der Waals surface area contributed by atoms with Crippen LogP contribution in [0, 0.1) is 11.3 Å². The molecule has 7 heteroatoms. The first-order valence-corrected chi connectivity index (χ1v) is 9.66. The van der Waals surface area contributed by atoms with E-state index in [4.69, 9.17) is 0 Å². The monoisotopic (exact) mass is 378 g/mol. The van der Waals surface area contributed by atoms with E-state index in [2.05, 4.69) is 52.1 Å². The number of aromatic nitrogens is 4. The molecular formula is C20H22N6S. The minimum absolute atomic E-state index is 0.0422. The molecule has 0 saturated carbocycles. The fourth-order valence-corrected chi connectivity index (χ4v) is 3.60. The van der Waals surface area contributed by atoms with Gasteiger partial charge in [-0.3, -0.25) is 4.98 Å². The largest absolute Gasteiger partial charge is 0.354 e. The molecule has 6 nitrogen and oxygen atoms in total. The highest BCUT2D eigenvalue weighted by Crippen LogP contribution is 2.30. The quantitative estimate of drug-likeness (QED) is 0.699. The molecule has 3 heterocycles. The van der Waals surface area contributed by atoms with Crippen molar-refractivity contribution in [2.45, 2.75) is 38.5 Å². The van der Waals surface area contributed by atoms with E-state index in [1.54, 1.807) is 18.5 Å². The molecule has 0 aromatic carbocycles. The molecular weight excluding hydrogens is 356 g/mol. The van der Waals surface area contributed by atoms with Crippen molar-refractivity contribution in [3.05, 3.63) is 64.1 Å². The molecule has 1 atom stereocenters. The lowest BCUT2D eigenvalue weighted by Gasteiger charge is -2.14. The number of nitrogens with zero attached hydrogens (tertiary/aromatic N) is 5. The second kappa shape index (κ2) is 8.23. The van der Waals surface area contributed by atoms with Gasteiger partial charge in [0.1, 0.15) is 10.9 Å². The highest BCUT2D eigenvalue weighted by molar-refractivity contribution is 7.09. The zero-order valence-corrected chi connectivity index (χ0v) is 16.5. The van der Waals surface area contributed by atoms with Crippen LogP contribution in [0.4, 0.5) is 5.95 Å². The van der Waals surface area contributed by atoms with Crippen LogP contribution in [0.3, 0.4) is 0 Å². The molecule has 1 unspecified atom stereocenters. The fourth-order valence-electron chi connectivity index (χ4n) is 2.50. The van der Waals surface area contributed by atoms with Crippen molar-refractivity contribution < 1.29 is 0 Å². The van der Waals surface area contributed by atoms with Crippen LogP contribution in [0.5, 0.6) is 0 Å². The Balaban J connectivity index is 1.71. The lowest BCUT2D eigenvalue weighted by Crippen LogP contribution is -2.13. The molecule has 0 aliphatic rings. The van der Waals surface area contributed by atoms with Gasteiger partial charge in [-0.25, -0.2) is 15.0 Å². The summed E-state index contributed by atoms with van der Waals surface area (Å²) in [6.07, 6.45) is 6.11. The number of hydrogen-bond acceptors (Lipinski definition) is 7. The van der Waals surface area contributed by atoms with E-state index in [-0.39, 0.29) is 5.41 Å². The normalized spacial score (nSPS) is 12.4. The molecule has 0 fully saturated rings. The maximum Gasteiger partial charge on any atom is 0.222 e.